The topological polar surface area (TPSA) is 189 Å². The quantitative estimate of drug-likeness (QED) is 0.190. The summed E-state index contributed by atoms with van der Waals surface area (Å²) >= 11 is 0. The lowest BCUT2D eigenvalue weighted by Gasteiger charge is -2.50. The van der Waals surface area contributed by atoms with E-state index in [0.717, 1.165) is 18.5 Å². The van der Waals surface area contributed by atoms with E-state index in [-0.39, 0.29) is 46.8 Å². The number of benzene rings is 1. The average molecular weight is 612 g/mol. The molecule has 4 unspecified atom stereocenters. The lowest BCUT2D eigenvalue weighted by Crippen LogP contribution is -2.65. The maximum Gasteiger partial charge on any atom is 0.255 e. The predicted molar refractivity (Wildman–Crippen MR) is 167 cm³/mol. The number of carbonyl (C=O) groups is 3. The van der Waals surface area contributed by atoms with Crippen LogP contribution in [0.5, 0.6) is 5.75 Å². The Kier molecular flexibility index (Phi) is 7.38. The first-order chi connectivity index (χ1) is 20.2. The van der Waals surface area contributed by atoms with E-state index < -0.39 is 58.0 Å². The normalized spacial score (nSPS) is 29.7. The predicted octanol–water partition coefficient (Wildman–Crippen LogP) is 1.75. The molecule has 12 heteroatoms. The molecule has 1 amide bonds. The van der Waals surface area contributed by atoms with Crippen molar-refractivity contribution < 1.29 is 34.8 Å². The minimum atomic E-state index is -2.67. The summed E-state index contributed by atoms with van der Waals surface area (Å²) in [6.45, 7) is 8.49. The summed E-state index contributed by atoms with van der Waals surface area (Å²) in [5, 5.41) is 53.5. The minimum Gasteiger partial charge on any atom is -0.508 e. The molecule has 4 atom stereocenters. The summed E-state index contributed by atoms with van der Waals surface area (Å²) in [4.78, 5) is 43.1. The molecule has 0 aromatic heterocycles. The highest BCUT2D eigenvalue weighted by molar-refractivity contribution is 6.24. The summed E-state index contributed by atoms with van der Waals surface area (Å²) in [5.74, 6) is -6.65. The van der Waals surface area contributed by atoms with Crippen molar-refractivity contribution in [3.8, 4) is 5.75 Å². The van der Waals surface area contributed by atoms with E-state index in [0.29, 0.717) is 11.3 Å². The van der Waals surface area contributed by atoms with Crippen molar-refractivity contribution in [3.63, 3.8) is 0 Å². The number of nitrogens with two attached hydrogens (primary N) is 1. The number of piperidine rings is 1. The fourth-order valence-corrected chi connectivity index (χ4v) is 8.45. The number of nitrogens with zero attached hydrogens (tertiary/aromatic N) is 2. The first-order valence-corrected chi connectivity index (χ1v) is 15.0. The molecule has 1 aliphatic heterocycles. The number of ketones is 2. The fourth-order valence-electron chi connectivity index (χ4n) is 8.45. The number of aliphatic hydroxyl groups is 3. The van der Waals surface area contributed by atoms with Crippen molar-refractivity contribution in [3.05, 3.63) is 34.1 Å². The zero-order valence-electron chi connectivity index (χ0n) is 26.7. The van der Waals surface area contributed by atoms with E-state index in [2.05, 4.69) is 38.3 Å². The maximum absolute atomic E-state index is 14.2. The second-order valence-corrected chi connectivity index (χ2v) is 14.6. The van der Waals surface area contributed by atoms with Crippen molar-refractivity contribution in [2.24, 2.45) is 17.6 Å². The Morgan fingerprint density at radius 2 is 1.64 bits per heavy atom. The maximum atomic E-state index is 14.2. The van der Waals surface area contributed by atoms with Crippen LogP contribution in [-0.4, -0.2) is 99.8 Å². The number of phenols is 1. The van der Waals surface area contributed by atoms with Gasteiger partial charge in [-0.15, -0.1) is 0 Å². The number of anilines is 2. The van der Waals surface area contributed by atoms with Crippen LogP contribution in [0.3, 0.4) is 0 Å². The third-order valence-corrected chi connectivity index (χ3v) is 9.73. The molecule has 1 aromatic rings. The van der Waals surface area contributed by atoms with E-state index >= 15 is 0 Å². The summed E-state index contributed by atoms with van der Waals surface area (Å²) in [6.07, 6.45) is 1.81. The number of aromatic hydroxyl groups is 1. The van der Waals surface area contributed by atoms with Crippen molar-refractivity contribution >= 4 is 34.6 Å². The minimum absolute atomic E-state index is 0.0128. The van der Waals surface area contributed by atoms with Gasteiger partial charge in [0.15, 0.2) is 11.4 Å². The molecule has 1 heterocycles. The fraction of sp³-hybridized carbons (Fsp3) is 0.594. The van der Waals surface area contributed by atoms with Crippen LogP contribution in [0.1, 0.15) is 58.1 Å². The molecule has 12 nitrogen and oxygen atoms in total. The smallest absolute Gasteiger partial charge is 0.255 e. The van der Waals surface area contributed by atoms with E-state index in [4.69, 9.17) is 5.73 Å². The largest absolute Gasteiger partial charge is 0.508 e. The van der Waals surface area contributed by atoms with Crippen LogP contribution >= 0.6 is 0 Å². The third-order valence-electron chi connectivity index (χ3n) is 9.73. The van der Waals surface area contributed by atoms with Crippen LogP contribution in [0.25, 0.3) is 5.76 Å². The van der Waals surface area contributed by atoms with Gasteiger partial charge >= 0.3 is 0 Å². The van der Waals surface area contributed by atoms with Gasteiger partial charge in [0.2, 0.25) is 5.78 Å². The number of primary amides is 1. The van der Waals surface area contributed by atoms with Gasteiger partial charge in [0.1, 0.15) is 22.8 Å². The van der Waals surface area contributed by atoms with Crippen LogP contribution in [0.4, 0.5) is 11.4 Å². The van der Waals surface area contributed by atoms with Crippen LogP contribution in [0.2, 0.25) is 0 Å². The van der Waals surface area contributed by atoms with Gasteiger partial charge in [0, 0.05) is 48.4 Å². The standard InChI is InChI=1S/C32H45N5O7/c1-30(2)12-15(13-31(3,4)35-30)34-18-11-19(36(5)6)16-9-14-10-17-23(37(7)8)26(40)22(29(33)43)28(42)32(17,44)27(41)20(14)25(39)21(16)24(18)38/h11,14-15,17,23,34-35,38-39,42,44H,9-10,12-13H2,1-8H3,(H2,33,43). The van der Waals surface area contributed by atoms with E-state index in [9.17, 15) is 34.8 Å². The Balaban J connectivity index is 1.67. The number of likely N-dealkylation sites (N-methyl/N-ethyl adjacent to an activating group) is 1. The first kappa shape index (κ1) is 31.8. The van der Waals surface area contributed by atoms with Crippen molar-refractivity contribution in [1.29, 1.82) is 0 Å². The number of rotatable bonds is 5. The van der Waals surface area contributed by atoms with Gasteiger partial charge in [-0.05, 0) is 85.0 Å². The third kappa shape index (κ3) is 4.74. The molecule has 4 aliphatic rings. The Bertz CT molecular complexity index is 1510. The van der Waals surface area contributed by atoms with Crippen molar-refractivity contribution in [1.82, 2.24) is 10.2 Å². The molecule has 0 radical (unpaired) electrons. The second kappa shape index (κ2) is 10.2. The number of nitrogens with one attached hydrogen (secondary N) is 2. The zero-order valence-corrected chi connectivity index (χ0v) is 26.7. The van der Waals surface area contributed by atoms with Gasteiger partial charge in [-0.3, -0.25) is 19.3 Å². The SMILES string of the molecule is CN(C)c1cc(NC2CC(C)(C)NC(C)(C)C2)c(O)c2c1CC1CC3C(N(C)C)C(=O)C(C(N)=O)=C(O)C3(O)C(=O)C1=C2O. The van der Waals surface area contributed by atoms with Crippen LogP contribution in [0, 0.1) is 11.8 Å². The number of hydrogen-bond acceptors (Lipinski definition) is 11. The van der Waals surface area contributed by atoms with E-state index in [1.165, 1.54) is 4.90 Å². The molecule has 8 N–H and O–H groups in total. The molecule has 240 valence electrons. The van der Waals surface area contributed by atoms with Crippen LogP contribution in [-0.2, 0) is 20.8 Å². The van der Waals surface area contributed by atoms with Gasteiger partial charge in [0.25, 0.3) is 5.91 Å². The van der Waals surface area contributed by atoms with Gasteiger partial charge in [-0.2, -0.15) is 0 Å². The summed E-state index contributed by atoms with van der Waals surface area (Å²) in [7, 11) is 6.86. The number of carbonyl (C=O) groups excluding carboxylic acids is 3. The van der Waals surface area contributed by atoms with Crippen molar-refractivity contribution in [2.45, 2.75) is 82.1 Å². The zero-order chi connectivity index (χ0) is 32.8. The molecule has 44 heavy (non-hydrogen) atoms. The van der Waals surface area contributed by atoms with Crippen LogP contribution < -0.4 is 21.3 Å². The van der Waals surface area contributed by atoms with E-state index in [1.807, 2.05) is 25.1 Å². The highest BCUT2D eigenvalue weighted by Gasteiger charge is 2.64. The number of fused-ring (bicyclic) bond motifs is 3. The summed E-state index contributed by atoms with van der Waals surface area (Å²) < 4.78 is 0. The molecule has 2 fully saturated rings. The van der Waals surface area contributed by atoms with Gasteiger partial charge < -0.3 is 41.7 Å². The molecule has 3 aliphatic carbocycles. The number of phenolic OH excluding ortho intramolecular Hbond substituents is 1. The molecule has 1 saturated carbocycles. The highest BCUT2D eigenvalue weighted by Crippen LogP contribution is 2.54. The molecule has 1 aromatic carbocycles. The summed E-state index contributed by atoms with van der Waals surface area (Å²) in [5.41, 5.74) is 3.23. The van der Waals surface area contributed by atoms with Gasteiger partial charge in [0.05, 0.1) is 17.3 Å². The first-order valence-electron chi connectivity index (χ1n) is 15.0. The molecule has 5 rings (SSSR count). The van der Waals surface area contributed by atoms with Crippen molar-refractivity contribution in [2.75, 3.05) is 38.4 Å². The highest BCUT2D eigenvalue weighted by atomic mass is 16.3. The molecule has 1 saturated heterocycles. The number of amides is 1. The molecule has 0 bridgehead atoms. The Morgan fingerprint density at radius 1 is 1.05 bits per heavy atom. The Morgan fingerprint density at radius 3 is 2.16 bits per heavy atom. The molecule has 0 spiro atoms. The Labute approximate surface area is 257 Å². The lowest BCUT2D eigenvalue weighted by molar-refractivity contribution is -0.153. The Hall–Kier alpha value is -3.61. The molecular formula is C32H45N5O7. The second-order valence-electron chi connectivity index (χ2n) is 14.6. The number of aliphatic hydroxyl groups excluding tert-OH is 2. The van der Waals surface area contributed by atoms with E-state index in [1.54, 1.807) is 14.1 Å². The number of hydrogen-bond donors (Lipinski definition) is 7. The van der Waals surface area contributed by atoms with Gasteiger partial charge in [-0.25, -0.2) is 0 Å². The summed E-state index contributed by atoms with van der Waals surface area (Å²) in [6, 6.07) is 0.705. The monoisotopic (exact) mass is 611 g/mol. The average Bonchev–Trinajstić information content (AvgIpc) is 2.85. The lowest BCUT2D eigenvalue weighted by atomic mass is 9.57. The van der Waals surface area contributed by atoms with Crippen LogP contribution in [0.15, 0.2) is 23.0 Å². The number of Topliss-reactive ketones (excluding diaryl/α,β-unsaturated/α-hetero) is 2. The van der Waals surface area contributed by atoms with Gasteiger partial charge in [-0.1, -0.05) is 0 Å². The molecular weight excluding hydrogens is 566 g/mol.